The van der Waals surface area contributed by atoms with Crippen molar-refractivity contribution >= 4 is 33.2 Å². The molecule has 29 heavy (non-hydrogen) atoms. The van der Waals surface area contributed by atoms with Gasteiger partial charge in [-0.25, -0.2) is 8.42 Å². The van der Waals surface area contributed by atoms with E-state index in [1.165, 1.54) is 48.5 Å². The molecule has 4 N–H and O–H groups in total. The first-order valence-corrected chi connectivity index (χ1v) is 10.1. The van der Waals surface area contributed by atoms with Crippen LogP contribution >= 0.6 is 0 Å². The number of carbonyl (C=O) groups is 2. The number of rotatable bonds is 6. The molecule has 0 saturated heterocycles. The molecule has 0 unspecified atom stereocenters. The zero-order chi connectivity index (χ0) is 21.0. The van der Waals surface area contributed by atoms with Crippen molar-refractivity contribution in [2.24, 2.45) is 5.73 Å². The Kier molecular flexibility index (Phi) is 5.65. The van der Waals surface area contributed by atoms with Crippen LogP contribution in [0, 0.1) is 6.92 Å². The van der Waals surface area contributed by atoms with Crippen LogP contribution in [0.25, 0.3) is 0 Å². The van der Waals surface area contributed by atoms with Crippen LogP contribution in [-0.2, 0) is 10.0 Å². The summed E-state index contributed by atoms with van der Waals surface area (Å²) in [4.78, 5) is 23.6. The van der Waals surface area contributed by atoms with Gasteiger partial charge >= 0.3 is 0 Å². The fourth-order valence-electron chi connectivity index (χ4n) is 2.56. The zero-order valence-electron chi connectivity index (χ0n) is 15.5. The highest BCUT2D eigenvalue weighted by molar-refractivity contribution is 7.92. The van der Waals surface area contributed by atoms with Crippen molar-refractivity contribution in [2.45, 2.75) is 11.8 Å². The van der Waals surface area contributed by atoms with Crippen LogP contribution in [0.2, 0.25) is 0 Å². The molecule has 0 saturated carbocycles. The van der Waals surface area contributed by atoms with Gasteiger partial charge in [-0.2, -0.15) is 0 Å². The van der Waals surface area contributed by atoms with Gasteiger partial charge in [0, 0.05) is 22.5 Å². The monoisotopic (exact) mass is 409 g/mol. The van der Waals surface area contributed by atoms with Crippen LogP contribution < -0.4 is 15.8 Å². The summed E-state index contributed by atoms with van der Waals surface area (Å²) in [5.74, 6) is -1.05. The third-order valence-electron chi connectivity index (χ3n) is 4.14. The van der Waals surface area contributed by atoms with Gasteiger partial charge in [0.05, 0.1) is 4.90 Å². The predicted molar refractivity (Wildman–Crippen MR) is 111 cm³/mol. The number of hydrogen-bond donors (Lipinski definition) is 3. The molecule has 0 aliphatic heterocycles. The summed E-state index contributed by atoms with van der Waals surface area (Å²) in [5, 5.41) is 2.65. The van der Waals surface area contributed by atoms with E-state index in [9.17, 15) is 18.0 Å². The van der Waals surface area contributed by atoms with Crippen LogP contribution in [-0.4, -0.2) is 20.2 Å². The second-order valence-electron chi connectivity index (χ2n) is 6.40. The quantitative estimate of drug-likeness (QED) is 0.579. The molecule has 0 radical (unpaired) electrons. The minimum atomic E-state index is -3.85. The van der Waals surface area contributed by atoms with E-state index < -0.39 is 21.8 Å². The predicted octanol–water partition coefficient (Wildman–Crippen LogP) is 3.15. The molecule has 0 atom stereocenters. The average Bonchev–Trinajstić information content (AvgIpc) is 2.70. The van der Waals surface area contributed by atoms with Crippen LogP contribution in [0.3, 0.4) is 0 Å². The molecule has 3 aromatic carbocycles. The summed E-state index contributed by atoms with van der Waals surface area (Å²) >= 11 is 0. The van der Waals surface area contributed by atoms with Crippen LogP contribution in [0.5, 0.6) is 0 Å². The molecule has 0 aliphatic carbocycles. The number of nitrogens with one attached hydrogen (secondary N) is 2. The highest BCUT2D eigenvalue weighted by atomic mass is 32.2. The molecular weight excluding hydrogens is 390 g/mol. The molecule has 7 nitrogen and oxygen atoms in total. The smallest absolute Gasteiger partial charge is 0.261 e. The summed E-state index contributed by atoms with van der Waals surface area (Å²) in [6, 6.07) is 18.7. The molecular formula is C21H19N3O4S. The summed E-state index contributed by atoms with van der Waals surface area (Å²) < 4.78 is 27.8. The summed E-state index contributed by atoms with van der Waals surface area (Å²) in [6.45, 7) is 1.90. The number of carbonyl (C=O) groups excluding carboxylic acids is 2. The Morgan fingerprint density at radius 3 is 2.07 bits per heavy atom. The van der Waals surface area contributed by atoms with Gasteiger partial charge in [-0.1, -0.05) is 23.8 Å². The Morgan fingerprint density at radius 1 is 0.828 bits per heavy atom. The summed E-state index contributed by atoms with van der Waals surface area (Å²) in [5.41, 5.74) is 7.57. The van der Waals surface area contributed by atoms with Crippen LogP contribution in [0.4, 0.5) is 11.4 Å². The van der Waals surface area contributed by atoms with E-state index in [1.807, 2.05) is 6.92 Å². The first-order valence-electron chi connectivity index (χ1n) is 8.65. The normalized spacial score (nSPS) is 10.9. The molecule has 0 heterocycles. The largest absolute Gasteiger partial charge is 0.366 e. The van der Waals surface area contributed by atoms with E-state index in [0.717, 1.165) is 5.56 Å². The molecule has 0 aromatic heterocycles. The van der Waals surface area contributed by atoms with Crippen molar-refractivity contribution < 1.29 is 18.0 Å². The van der Waals surface area contributed by atoms with Crippen molar-refractivity contribution in [3.8, 4) is 0 Å². The van der Waals surface area contributed by atoms with Crippen molar-refractivity contribution in [1.82, 2.24) is 0 Å². The van der Waals surface area contributed by atoms with Gasteiger partial charge in [0.15, 0.2) is 0 Å². The Hall–Kier alpha value is -3.65. The topological polar surface area (TPSA) is 118 Å². The Morgan fingerprint density at radius 2 is 1.45 bits per heavy atom. The lowest BCUT2D eigenvalue weighted by molar-refractivity contribution is 0.0998. The third kappa shape index (κ3) is 4.99. The van der Waals surface area contributed by atoms with E-state index in [0.29, 0.717) is 16.9 Å². The molecule has 0 fully saturated rings. The van der Waals surface area contributed by atoms with Gasteiger partial charge in [0.1, 0.15) is 0 Å². The first-order chi connectivity index (χ1) is 13.7. The third-order valence-corrected chi connectivity index (χ3v) is 5.52. The van der Waals surface area contributed by atoms with E-state index in [4.69, 9.17) is 5.73 Å². The molecule has 148 valence electrons. The zero-order valence-corrected chi connectivity index (χ0v) is 16.4. The molecule has 0 bridgehead atoms. The second kappa shape index (κ2) is 8.15. The number of amides is 2. The summed E-state index contributed by atoms with van der Waals surface area (Å²) in [6.07, 6.45) is 0. The molecule has 3 rings (SSSR count). The average molecular weight is 409 g/mol. The number of primary amides is 1. The number of nitrogens with two attached hydrogens (primary N) is 1. The van der Waals surface area contributed by atoms with Gasteiger partial charge in [-0.3, -0.25) is 14.3 Å². The number of benzene rings is 3. The first kappa shape index (κ1) is 20.1. The number of aryl methyl sites for hydroxylation is 1. The highest BCUT2D eigenvalue weighted by Gasteiger charge is 2.17. The maximum Gasteiger partial charge on any atom is 0.261 e. The van der Waals surface area contributed by atoms with Gasteiger partial charge in [0.25, 0.3) is 15.9 Å². The van der Waals surface area contributed by atoms with Gasteiger partial charge in [-0.15, -0.1) is 0 Å². The lowest BCUT2D eigenvalue weighted by Crippen LogP contribution is -2.16. The molecule has 0 aliphatic rings. The maximum atomic E-state index is 12.6. The van der Waals surface area contributed by atoms with Gasteiger partial charge in [-0.05, 0) is 61.5 Å². The highest BCUT2D eigenvalue weighted by Crippen LogP contribution is 2.19. The van der Waals surface area contributed by atoms with Crippen molar-refractivity contribution in [3.05, 3.63) is 89.5 Å². The van der Waals surface area contributed by atoms with E-state index in [1.54, 1.807) is 24.3 Å². The van der Waals surface area contributed by atoms with Crippen LogP contribution in [0.15, 0.2) is 77.7 Å². The summed E-state index contributed by atoms with van der Waals surface area (Å²) in [7, 11) is -3.85. The Balaban J connectivity index is 1.78. The van der Waals surface area contributed by atoms with Crippen LogP contribution in [0.1, 0.15) is 26.3 Å². The lowest BCUT2D eigenvalue weighted by Gasteiger charge is -2.10. The number of anilines is 2. The number of sulfonamides is 1. The van der Waals surface area contributed by atoms with Crippen molar-refractivity contribution in [2.75, 3.05) is 10.0 Å². The van der Waals surface area contributed by atoms with Crippen molar-refractivity contribution in [1.29, 1.82) is 0 Å². The molecule has 3 aromatic rings. The minimum Gasteiger partial charge on any atom is -0.366 e. The fraction of sp³-hybridized carbons (Fsp3) is 0.0476. The minimum absolute atomic E-state index is 0.0326. The molecule has 2 amide bonds. The Labute approximate surface area is 168 Å². The van der Waals surface area contributed by atoms with E-state index in [-0.39, 0.29) is 10.5 Å². The fourth-order valence-corrected chi connectivity index (χ4v) is 3.67. The standard InChI is InChI=1S/C21H19N3O4S/c1-14-5-9-18(10-6-14)24-29(27,28)19-4-2-3-16(13-19)21(26)23-17-11-7-15(8-12-17)20(22)25/h2-13,24H,1H3,(H2,22,25)(H,23,26). The van der Waals surface area contributed by atoms with Gasteiger partial charge in [0.2, 0.25) is 5.91 Å². The van der Waals surface area contributed by atoms with Gasteiger partial charge < -0.3 is 11.1 Å². The van der Waals surface area contributed by atoms with E-state index >= 15 is 0 Å². The SMILES string of the molecule is Cc1ccc(NS(=O)(=O)c2cccc(C(=O)Nc3ccc(C(N)=O)cc3)c2)cc1. The molecule has 0 spiro atoms. The second-order valence-corrected chi connectivity index (χ2v) is 8.08. The lowest BCUT2D eigenvalue weighted by atomic mass is 10.2. The maximum absolute atomic E-state index is 12.6. The Bertz CT molecular complexity index is 1160. The number of hydrogen-bond acceptors (Lipinski definition) is 4. The van der Waals surface area contributed by atoms with Crippen molar-refractivity contribution in [3.63, 3.8) is 0 Å². The van der Waals surface area contributed by atoms with E-state index in [2.05, 4.69) is 10.0 Å². The molecule has 8 heteroatoms.